The largest absolute Gasteiger partial charge is 0.480 e. The van der Waals surface area contributed by atoms with E-state index in [0.717, 1.165) is 30.2 Å². The number of nitrogens with one attached hydrogen (secondary N) is 2. The molecule has 0 aliphatic carbocycles. The predicted octanol–water partition coefficient (Wildman–Crippen LogP) is 3.73. The standard InChI is InChI=1S/C25H30N4O5/c1-4-17(30)11-6-5-7-13-20(28-23(32)22(31)26-2)25-27-15-21(34-25)18-14-16-10-8-9-12-19(16)29-24(18)33-3/h8-10,12,14-15,20H,4-7,11,13H2,1-3H3,(H,26,31)(H,28,32)/t20-/m0/s1. The van der Waals surface area contributed by atoms with Crippen LogP contribution in [0.3, 0.4) is 0 Å². The van der Waals surface area contributed by atoms with Gasteiger partial charge in [0.15, 0.2) is 5.76 Å². The van der Waals surface area contributed by atoms with Crippen molar-refractivity contribution in [2.75, 3.05) is 14.2 Å². The number of methoxy groups -OCH3 is 1. The summed E-state index contributed by atoms with van der Waals surface area (Å²) in [6.45, 7) is 1.85. The van der Waals surface area contributed by atoms with Crippen molar-refractivity contribution in [2.45, 2.75) is 51.5 Å². The van der Waals surface area contributed by atoms with Crippen molar-refractivity contribution in [2.24, 2.45) is 0 Å². The molecule has 0 spiro atoms. The summed E-state index contributed by atoms with van der Waals surface area (Å²) in [6, 6.07) is 8.97. The van der Waals surface area contributed by atoms with Crippen LogP contribution in [0.2, 0.25) is 0 Å². The monoisotopic (exact) mass is 466 g/mol. The number of amides is 2. The third-order valence-corrected chi connectivity index (χ3v) is 5.55. The molecule has 2 aromatic heterocycles. The van der Waals surface area contributed by atoms with Gasteiger partial charge >= 0.3 is 11.8 Å². The number of carbonyl (C=O) groups is 3. The Morgan fingerprint density at radius 1 is 1.12 bits per heavy atom. The molecule has 1 atom stereocenters. The highest BCUT2D eigenvalue weighted by Gasteiger charge is 2.24. The topological polar surface area (TPSA) is 123 Å². The molecule has 0 fully saturated rings. The highest BCUT2D eigenvalue weighted by molar-refractivity contribution is 6.35. The number of carbonyl (C=O) groups excluding carboxylic acids is 3. The second-order valence-electron chi connectivity index (χ2n) is 7.90. The lowest BCUT2D eigenvalue weighted by Crippen LogP contribution is -2.40. The normalized spacial score (nSPS) is 11.7. The number of ketones is 1. The first-order chi connectivity index (χ1) is 16.5. The van der Waals surface area contributed by atoms with Gasteiger partial charge in [0.05, 0.1) is 24.4 Å². The number of aromatic nitrogens is 2. The predicted molar refractivity (Wildman–Crippen MR) is 127 cm³/mol. The van der Waals surface area contributed by atoms with Crippen LogP contribution in [-0.2, 0) is 14.4 Å². The molecule has 9 nitrogen and oxygen atoms in total. The number of rotatable bonds is 11. The summed E-state index contributed by atoms with van der Waals surface area (Å²) in [5.41, 5.74) is 1.43. The van der Waals surface area contributed by atoms with Crippen LogP contribution >= 0.6 is 0 Å². The average molecular weight is 467 g/mol. The van der Waals surface area contributed by atoms with E-state index in [9.17, 15) is 14.4 Å². The first-order valence-electron chi connectivity index (χ1n) is 11.4. The SMILES string of the molecule is CCC(=O)CCCCC[C@H](NC(=O)C(=O)NC)c1ncc(-c2cc3ccccc3nc2OC)o1. The van der Waals surface area contributed by atoms with Crippen molar-refractivity contribution < 1.29 is 23.5 Å². The summed E-state index contributed by atoms with van der Waals surface area (Å²) in [7, 11) is 2.93. The number of fused-ring (bicyclic) bond motifs is 1. The van der Waals surface area contributed by atoms with Gasteiger partial charge in [-0.3, -0.25) is 14.4 Å². The van der Waals surface area contributed by atoms with E-state index in [-0.39, 0.29) is 11.7 Å². The van der Waals surface area contributed by atoms with Crippen molar-refractivity contribution >= 4 is 28.5 Å². The van der Waals surface area contributed by atoms with Crippen molar-refractivity contribution in [3.05, 3.63) is 42.4 Å². The second kappa shape index (κ2) is 11.9. The van der Waals surface area contributed by atoms with Crippen molar-refractivity contribution in [3.63, 3.8) is 0 Å². The summed E-state index contributed by atoms with van der Waals surface area (Å²) in [4.78, 5) is 44.4. The Bertz CT molecular complexity index is 1160. The fraction of sp³-hybridized carbons (Fsp3) is 0.400. The number of benzene rings is 1. The minimum Gasteiger partial charge on any atom is -0.480 e. The molecule has 2 amide bonds. The Morgan fingerprint density at radius 2 is 1.91 bits per heavy atom. The summed E-state index contributed by atoms with van der Waals surface area (Å²) >= 11 is 0. The average Bonchev–Trinajstić information content (AvgIpc) is 3.36. The molecular weight excluding hydrogens is 436 g/mol. The smallest absolute Gasteiger partial charge is 0.309 e. The van der Waals surface area contributed by atoms with Crippen LogP contribution in [-0.4, -0.2) is 41.7 Å². The molecule has 34 heavy (non-hydrogen) atoms. The molecule has 0 aliphatic rings. The molecule has 0 saturated heterocycles. The molecule has 0 saturated carbocycles. The Balaban J connectivity index is 1.81. The van der Waals surface area contributed by atoms with E-state index >= 15 is 0 Å². The summed E-state index contributed by atoms with van der Waals surface area (Å²) in [5.74, 6) is -0.151. The molecular formula is C25H30N4O5. The van der Waals surface area contributed by atoms with E-state index < -0.39 is 17.9 Å². The number of hydrogen-bond donors (Lipinski definition) is 2. The molecule has 9 heteroatoms. The molecule has 0 aliphatic heterocycles. The number of Topliss-reactive ketones (excluding diaryl/α,β-unsaturated/α-hetero) is 1. The van der Waals surface area contributed by atoms with Gasteiger partial charge in [0.2, 0.25) is 11.8 Å². The van der Waals surface area contributed by atoms with Crippen molar-refractivity contribution in [1.29, 1.82) is 0 Å². The van der Waals surface area contributed by atoms with E-state index in [0.29, 0.717) is 36.5 Å². The van der Waals surface area contributed by atoms with Gasteiger partial charge in [0, 0.05) is 25.3 Å². The second-order valence-corrected chi connectivity index (χ2v) is 7.90. The van der Waals surface area contributed by atoms with E-state index in [2.05, 4.69) is 20.6 Å². The maximum Gasteiger partial charge on any atom is 0.309 e. The van der Waals surface area contributed by atoms with Gasteiger partial charge in [-0.15, -0.1) is 0 Å². The van der Waals surface area contributed by atoms with Crippen molar-refractivity contribution in [3.8, 4) is 17.2 Å². The summed E-state index contributed by atoms with van der Waals surface area (Å²) < 4.78 is 11.5. The van der Waals surface area contributed by atoms with Crippen LogP contribution in [0.4, 0.5) is 0 Å². The molecule has 0 radical (unpaired) electrons. The third-order valence-electron chi connectivity index (χ3n) is 5.55. The molecule has 2 heterocycles. The Labute approximate surface area is 198 Å². The molecule has 2 N–H and O–H groups in total. The number of pyridine rings is 1. The molecule has 3 rings (SSSR count). The lowest BCUT2D eigenvalue weighted by Gasteiger charge is -2.15. The van der Waals surface area contributed by atoms with Crippen LogP contribution < -0.4 is 15.4 Å². The third kappa shape index (κ3) is 6.18. The Hall–Kier alpha value is -3.75. The fourth-order valence-electron chi connectivity index (χ4n) is 3.62. The van der Waals surface area contributed by atoms with Gasteiger partial charge in [0.1, 0.15) is 11.8 Å². The minimum absolute atomic E-state index is 0.236. The molecule has 1 aromatic carbocycles. The minimum atomic E-state index is -0.765. The summed E-state index contributed by atoms with van der Waals surface area (Å²) in [6.07, 6.45) is 5.47. The maximum absolute atomic E-state index is 12.2. The zero-order valence-electron chi connectivity index (χ0n) is 19.7. The highest BCUT2D eigenvalue weighted by Crippen LogP contribution is 2.33. The van der Waals surface area contributed by atoms with Crippen LogP contribution in [0, 0.1) is 0 Å². The van der Waals surface area contributed by atoms with Gasteiger partial charge in [0.25, 0.3) is 0 Å². The zero-order valence-corrected chi connectivity index (χ0v) is 19.7. The molecule has 3 aromatic rings. The Kier molecular flexibility index (Phi) is 8.73. The van der Waals surface area contributed by atoms with E-state index in [1.54, 1.807) is 6.20 Å². The van der Waals surface area contributed by atoms with Crippen LogP contribution in [0.5, 0.6) is 5.88 Å². The highest BCUT2D eigenvalue weighted by atomic mass is 16.5. The van der Waals surface area contributed by atoms with Gasteiger partial charge in [-0.25, -0.2) is 9.97 Å². The van der Waals surface area contributed by atoms with E-state index in [1.165, 1.54) is 14.2 Å². The Morgan fingerprint density at radius 3 is 2.65 bits per heavy atom. The number of ether oxygens (including phenoxy) is 1. The van der Waals surface area contributed by atoms with Crippen LogP contribution in [0.25, 0.3) is 22.2 Å². The molecule has 0 unspecified atom stereocenters. The van der Waals surface area contributed by atoms with E-state index in [1.807, 2.05) is 37.3 Å². The van der Waals surface area contributed by atoms with E-state index in [4.69, 9.17) is 9.15 Å². The van der Waals surface area contributed by atoms with Crippen LogP contribution in [0.1, 0.15) is 57.4 Å². The molecule has 0 bridgehead atoms. The lowest BCUT2D eigenvalue weighted by atomic mass is 10.0. The van der Waals surface area contributed by atoms with Crippen LogP contribution in [0.15, 0.2) is 40.9 Å². The van der Waals surface area contributed by atoms with Gasteiger partial charge in [-0.2, -0.15) is 0 Å². The quantitative estimate of drug-likeness (QED) is 0.326. The van der Waals surface area contributed by atoms with Crippen molar-refractivity contribution in [1.82, 2.24) is 20.6 Å². The van der Waals surface area contributed by atoms with Gasteiger partial charge < -0.3 is 19.8 Å². The zero-order chi connectivity index (χ0) is 24.5. The van der Waals surface area contributed by atoms with Gasteiger partial charge in [-0.1, -0.05) is 38.0 Å². The first-order valence-corrected chi connectivity index (χ1v) is 11.4. The lowest BCUT2D eigenvalue weighted by molar-refractivity contribution is -0.139. The number of hydrogen-bond acceptors (Lipinski definition) is 7. The number of oxazole rings is 1. The maximum atomic E-state index is 12.2. The summed E-state index contributed by atoms with van der Waals surface area (Å²) in [5, 5.41) is 5.93. The fourth-order valence-corrected chi connectivity index (χ4v) is 3.62. The number of unbranched alkanes of at least 4 members (excludes halogenated alkanes) is 2. The molecule has 180 valence electrons. The first kappa shape index (κ1) is 24.9. The number of likely N-dealkylation sites (N-methyl/N-ethyl adjacent to an activating group) is 1. The number of para-hydroxylation sites is 1. The van der Waals surface area contributed by atoms with Gasteiger partial charge in [-0.05, 0) is 25.0 Å². The number of nitrogens with zero attached hydrogens (tertiary/aromatic N) is 2.